The average molecular weight is 482 g/mol. The average Bonchev–Trinajstić information content (AvgIpc) is 3.34. The number of aliphatic hydroxyl groups excluding tert-OH is 1. The summed E-state index contributed by atoms with van der Waals surface area (Å²) in [5.41, 5.74) is 1.88. The molecular weight excluding hydrogens is 458 g/mol. The first-order chi connectivity index (χ1) is 16.4. The van der Waals surface area contributed by atoms with Crippen molar-refractivity contribution in [2.24, 2.45) is 0 Å². The van der Waals surface area contributed by atoms with Gasteiger partial charge in [-0.05, 0) is 31.9 Å². The number of rotatable bonds is 6. The van der Waals surface area contributed by atoms with Gasteiger partial charge < -0.3 is 15.1 Å². The van der Waals surface area contributed by atoms with Crippen LogP contribution in [-0.4, -0.2) is 61.2 Å². The molecule has 0 saturated carbocycles. The number of carbonyl (C=O) groups is 2. The number of nitrogens with one attached hydrogen (secondary N) is 1. The summed E-state index contributed by atoms with van der Waals surface area (Å²) in [5.74, 6) is 0.233. The van der Waals surface area contributed by atoms with Gasteiger partial charge in [-0.15, -0.1) is 0 Å². The summed E-state index contributed by atoms with van der Waals surface area (Å²) in [4.78, 5) is 46.1. The summed E-state index contributed by atoms with van der Waals surface area (Å²) in [6, 6.07) is 5.54. The van der Waals surface area contributed by atoms with Gasteiger partial charge in [0.15, 0.2) is 5.13 Å². The Morgan fingerprint density at radius 3 is 2.65 bits per heavy atom. The van der Waals surface area contributed by atoms with Crippen molar-refractivity contribution >= 4 is 45.9 Å². The summed E-state index contributed by atoms with van der Waals surface area (Å²) in [5, 5.41) is 22.7. The van der Waals surface area contributed by atoms with Crippen LogP contribution >= 0.6 is 11.3 Å². The minimum atomic E-state index is -1.04. The molecule has 3 aromatic heterocycles. The molecule has 2 aliphatic heterocycles. The number of fused-ring (bicyclic) bond motifs is 1. The van der Waals surface area contributed by atoms with E-state index in [0.29, 0.717) is 48.4 Å². The summed E-state index contributed by atoms with van der Waals surface area (Å²) < 4.78 is 0. The van der Waals surface area contributed by atoms with Gasteiger partial charge in [-0.2, -0.15) is 9.97 Å². The van der Waals surface area contributed by atoms with E-state index in [1.807, 2.05) is 18.2 Å². The third-order valence-electron chi connectivity index (χ3n) is 5.87. The highest BCUT2D eigenvalue weighted by Gasteiger charge is 2.35. The van der Waals surface area contributed by atoms with Crippen molar-refractivity contribution in [2.75, 3.05) is 28.2 Å². The number of carboxylic acid groups (broad SMARTS) is 1. The van der Waals surface area contributed by atoms with Gasteiger partial charge >= 0.3 is 5.97 Å². The first kappa shape index (κ1) is 22.2. The summed E-state index contributed by atoms with van der Waals surface area (Å²) >= 11 is 1.00. The van der Waals surface area contributed by atoms with Gasteiger partial charge in [0, 0.05) is 24.8 Å². The van der Waals surface area contributed by atoms with E-state index in [9.17, 15) is 19.8 Å². The number of carbonyl (C=O) groups excluding carboxylic acids is 1. The molecule has 5 heterocycles. The van der Waals surface area contributed by atoms with Crippen molar-refractivity contribution in [1.82, 2.24) is 19.9 Å². The SMILES string of the molecule is Cc1nc(Nc2nc(N3CCC(O)CC3)c3c(n2)N(Cc2ccccn2)C(=O)C3)sc1C(=O)O. The number of aromatic carboxylic acids is 1. The minimum Gasteiger partial charge on any atom is -0.477 e. The molecule has 0 unspecified atom stereocenters. The van der Waals surface area contributed by atoms with Crippen LogP contribution in [0.15, 0.2) is 24.4 Å². The van der Waals surface area contributed by atoms with E-state index < -0.39 is 5.97 Å². The summed E-state index contributed by atoms with van der Waals surface area (Å²) in [7, 11) is 0. The Bertz CT molecular complexity index is 1240. The van der Waals surface area contributed by atoms with E-state index in [2.05, 4.69) is 25.2 Å². The van der Waals surface area contributed by atoms with E-state index >= 15 is 0 Å². The molecule has 0 atom stereocenters. The molecule has 0 aliphatic carbocycles. The highest BCUT2D eigenvalue weighted by Crippen LogP contribution is 2.37. The number of nitrogens with zero attached hydrogens (tertiary/aromatic N) is 6. The van der Waals surface area contributed by atoms with Crippen molar-refractivity contribution < 1.29 is 19.8 Å². The van der Waals surface area contributed by atoms with Crippen molar-refractivity contribution in [3.05, 3.63) is 46.2 Å². The molecule has 0 aromatic carbocycles. The van der Waals surface area contributed by atoms with Gasteiger partial charge in [0.1, 0.15) is 16.5 Å². The maximum absolute atomic E-state index is 13.0. The molecular formula is C22H23N7O4S. The van der Waals surface area contributed by atoms with Crippen LogP contribution in [-0.2, 0) is 17.8 Å². The van der Waals surface area contributed by atoms with E-state index in [0.717, 1.165) is 22.6 Å². The Hall–Kier alpha value is -3.64. The second kappa shape index (κ2) is 8.95. The largest absolute Gasteiger partial charge is 0.477 e. The van der Waals surface area contributed by atoms with Crippen molar-refractivity contribution in [1.29, 1.82) is 0 Å². The Morgan fingerprint density at radius 1 is 1.21 bits per heavy atom. The first-order valence-electron chi connectivity index (χ1n) is 10.9. The molecule has 1 saturated heterocycles. The van der Waals surface area contributed by atoms with Gasteiger partial charge in [0.2, 0.25) is 11.9 Å². The molecule has 3 aromatic rings. The fraction of sp³-hybridized carbons (Fsp3) is 0.364. The third kappa shape index (κ3) is 4.29. The monoisotopic (exact) mass is 481 g/mol. The lowest BCUT2D eigenvalue weighted by molar-refractivity contribution is -0.117. The van der Waals surface area contributed by atoms with Crippen LogP contribution in [0.2, 0.25) is 0 Å². The number of hydrogen-bond donors (Lipinski definition) is 3. The zero-order valence-electron chi connectivity index (χ0n) is 18.4. The standard InChI is InChI=1S/C22H23N7O4S/c1-12-17(20(32)33)34-22(24-12)27-21-25-18(28-8-5-14(30)6-9-28)15-10-16(31)29(19(15)26-21)11-13-4-2-3-7-23-13/h2-4,7,14,30H,5-6,8-11H2,1H3,(H,32,33)(H,24,25,26,27). The third-order valence-corrected chi connectivity index (χ3v) is 6.93. The zero-order valence-corrected chi connectivity index (χ0v) is 19.2. The molecule has 0 bridgehead atoms. The van der Waals surface area contributed by atoms with Crippen molar-refractivity contribution in [3.63, 3.8) is 0 Å². The number of anilines is 4. The van der Waals surface area contributed by atoms with Crippen LogP contribution in [0, 0.1) is 6.92 Å². The Balaban J connectivity index is 1.53. The first-order valence-corrected chi connectivity index (χ1v) is 11.7. The molecule has 3 N–H and O–H groups in total. The minimum absolute atomic E-state index is 0.0938. The van der Waals surface area contributed by atoms with Gasteiger partial charge in [-0.1, -0.05) is 17.4 Å². The predicted octanol–water partition coefficient (Wildman–Crippen LogP) is 2.13. The van der Waals surface area contributed by atoms with Crippen molar-refractivity contribution in [3.8, 4) is 0 Å². The molecule has 0 radical (unpaired) electrons. The van der Waals surface area contributed by atoms with Crippen LogP contribution < -0.4 is 15.1 Å². The maximum Gasteiger partial charge on any atom is 0.347 e. The van der Waals surface area contributed by atoms with Crippen LogP contribution in [0.5, 0.6) is 0 Å². The normalized spacial score (nSPS) is 16.1. The predicted molar refractivity (Wildman–Crippen MR) is 126 cm³/mol. The zero-order chi connectivity index (χ0) is 23.8. The molecule has 34 heavy (non-hydrogen) atoms. The molecule has 1 amide bonds. The number of aromatic nitrogens is 4. The molecule has 176 valence electrons. The number of carboxylic acids is 1. The smallest absolute Gasteiger partial charge is 0.347 e. The number of pyridine rings is 1. The lowest BCUT2D eigenvalue weighted by Crippen LogP contribution is -2.37. The number of aliphatic hydroxyl groups is 1. The molecule has 0 spiro atoms. The second-order valence-electron chi connectivity index (χ2n) is 8.23. The van der Waals surface area contributed by atoms with E-state index in [1.165, 1.54) is 0 Å². The number of thiazole rings is 1. The van der Waals surface area contributed by atoms with Crippen LogP contribution in [0.1, 0.15) is 39.5 Å². The van der Waals surface area contributed by atoms with Crippen LogP contribution in [0.4, 0.5) is 22.7 Å². The van der Waals surface area contributed by atoms with Gasteiger partial charge in [-0.3, -0.25) is 20.0 Å². The number of aryl methyl sites for hydroxylation is 1. The number of hydrogen-bond acceptors (Lipinski definition) is 10. The van der Waals surface area contributed by atoms with Gasteiger partial charge in [-0.25, -0.2) is 9.78 Å². The van der Waals surface area contributed by atoms with Gasteiger partial charge in [0.05, 0.1) is 30.5 Å². The van der Waals surface area contributed by atoms with Crippen molar-refractivity contribution in [2.45, 2.75) is 38.8 Å². The lowest BCUT2D eigenvalue weighted by atomic mass is 10.1. The molecule has 5 rings (SSSR count). The fourth-order valence-electron chi connectivity index (χ4n) is 4.16. The maximum atomic E-state index is 13.0. The molecule has 12 heteroatoms. The highest BCUT2D eigenvalue weighted by molar-refractivity contribution is 7.17. The van der Waals surface area contributed by atoms with E-state index in [-0.39, 0.29) is 35.8 Å². The lowest BCUT2D eigenvalue weighted by Gasteiger charge is -2.31. The summed E-state index contributed by atoms with van der Waals surface area (Å²) in [6.45, 7) is 3.13. The second-order valence-corrected chi connectivity index (χ2v) is 9.23. The van der Waals surface area contributed by atoms with Gasteiger partial charge in [0.25, 0.3) is 0 Å². The molecule has 1 fully saturated rings. The van der Waals surface area contributed by atoms with E-state index in [4.69, 9.17) is 4.98 Å². The number of amides is 1. The molecule has 11 nitrogen and oxygen atoms in total. The quantitative estimate of drug-likeness (QED) is 0.479. The Labute approximate surface area is 199 Å². The molecule has 2 aliphatic rings. The fourth-order valence-corrected chi connectivity index (χ4v) is 4.96. The highest BCUT2D eigenvalue weighted by atomic mass is 32.1. The Morgan fingerprint density at radius 2 is 1.97 bits per heavy atom. The van der Waals surface area contributed by atoms with E-state index in [1.54, 1.807) is 18.0 Å². The Kier molecular flexibility index (Phi) is 5.84. The summed E-state index contributed by atoms with van der Waals surface area (Å²) in [6.07, 6.45) is 2.73. The van der Waals surface area contributed by atoms with Crippen LogP contribution in [0.3, 0.4) is 0 Å². The topological polar surface area (TPSA) is 145 Å². The number of piperidine rings is 1. The van der Waals surface area contributed by atoms with Crippen LogP contribution in [0.25, 0.3) is 0 Å².